The highest BCUT2D eigenvalue weighted by Gasteiger charge is 2.39. The number of amides is 2. The molecule has 3 aromatic rings. The molecule has 0 N–H and O–H groups in total. The summed E-state index contributed by atoms with van der Waals surface area (Å²) in [4.78, 5) is 29.7. The van der Waals surface area contributed by atoms with Crippen LogP contribution in [-0.4, -0.2) is 52.7 Å². The Balaban J connectivity index is 1.39. The zero-order valence-corrected chi connectivity index (χ0v) is 17.6. The molecular formula is C24H24N4O3. The van der Waals surface area contributed by atoms with Crippen molar-refractivity contribution in [3.8, 4) is 5.75 Å². The molecule has 2 aliphatic rings. The molecule has 0 aliphatic carbocycles. The Morgan fingerprint density at radius 1 is 1.13 bits per heavy atom. The smallest absolute Gasteiger partial charge is 0.275 e. The van der Waals surface area contributed by atoms with Crippen LogP contribution in [0.1, 0.15) is 27.2 Å². The Labute approximate surface area is 180 Å². The van der Waals surface area contributed by atoms with Crippen molar-refractivity contribution in [2.45, 2.75) is 25.9 Å². The monoisotopic (exact) mass is 416 g/mol. The van der Waals surface area contributed by atoms with E-state index in [9.17, 15) is 9.59 Å². The molecule has 0 saturated carbocycles. The van der Waals surface area contributed by atoms with Gasteiger partial charge in [-0.1, -0.05) is 36.4 Å². The van der Waals surface area contributed by atoms with E-state index < -0.39 is 6.04 Å². The lowest BCUT2D eigenvalue weighted by molar-refractivity contribution is -0.123. The van der Waals surface area contributed by atoms with Gasteiger partial charge < -0.3 is 14.5 Å². The van der Waals surface area contributed by atoms with Crippen molar-refractivity contribution in [3.63, 3.8) is 0 Å². The van der Waals surface area contributed by atoms with Crippen molar-refractivity contribution in [1.82, 2.24) is 14.7 Å². The SMILES string of the molecule is Cc1ccc2c(c1)OC[C@H](N1CCc3cn(Cc4ccccc4)nc3C1=O)C(=O)N2C. The molecule has 0 bridgehead atoms. The molecular weight excluding hydrogens is 392 g/mol. The van der Waals surface area contributed by atoms with Crippen LogP contribution in [0.4, 0.5) is 5.69 Å². The van der Waals surface area contributed by atoms with Gasteiger partial charge >= 0.3 is 0 Å². The van der Waals surface area contributed by atoms with Crippen LogP contribution in [0.25, 0.3) is 0 Å². The summed E-state index contributed by atoms with van der Waals surface area (Å²) in [5, 5.41) is 4.55. The van der Waals surface area contributed by atoms with Crippen LogP contribution in [0.3, 0.4) is 0 Å². The number of ether oxygens (including phenoxy) is 1. The van der Waals surface area contributed by atoms with Gasteiger partial charge in [-0.05, 0) is 36.6 Å². The molecule has 31 heavy (non-hydrogen) atoms. The Bertz CT molecular complexity index is 1150. The molecule has 0 unspecified atom stereocenters. The third-order valence-corrected chi connectivity index (χ3v) is 5.98. The predicted molar refractivity (Wildman–Crippen MR) is 116 cm³/mol. The van der Waals surface area contributed by atoms with Crippen molar-refractivity contribution >= 4 is 17.5 Å². The molecule has 158 valence electrons. The summed E-state index contributed by atoms with van der Waals surface area (Å²) in [6.45, 7) is 3.18. The highest BCUT2D eigenvalue weighted by atomic mass is 16.5. The van der Waals surface area contributed by atoms with Crippen molar-refractivity contribution in [2.24, 2.45) is 0 Å². The van der Waals surface area contributed by atoms with Gasteiger partial charge in [-0.15, -0.1) is 0 Å². The maximum Gasteiger partial charge on any atom is 0.275 e. The third-order valence-electron chi connectivity index (χ3n) is 5.98. The van der Waals surface area contributed by atoms with Gasteiger partial charge in [0.1, 0.15) is 18.4 Å². The number of aryl methyl sites for hydroxylation is 1. The number of rotatable bonds is 3. The lowest BCUT2D eigenvalue weighted by Gasteiger charge is -2.33. The molecule has 0 spiro atoms. The van der Waals surface area contributed by atoms with Crippen LogP contribution in [-0.2, 0) is 17.8 Å². The van der Waals surface area contributed by atoms with E-state index >= 15 is 0 Å². The maximum absolute atomic E-state index is 13.3. The molecule has 0 radical (unpaired) electrons. The second kappa shape index (κ2) is 7.58. The molecule has 1 aromatic heterocycles. The number of hydrogen-bond acceptors (Lipinski definition) is 4. The molecule has 0 fully saturated rings. The average Bonchev–Trinajstić information content (AvgIpc) is 3.14. The van der Waals surface area contributed by atoms with Crippen LogP contribution >= 0.6 is 0 Å². The van der Waals surface area contributed by atoms with Crippen LogP contribution in [0, 0.1) is 6.92 Å². The zero-order valence-electron chi connectivity index (χ0n) is 17.6. The van der Waals surface area contributed by atoms with Gasteiger partial charge in [-0.3, -0.25) is 14.3 Å². The molecule has 7 nitrogen and oxygen atoms in total. The lowest BCUT2D eigenvalue weighted by Crippen LogP contribution is -2.54. The van der Waals surface area contributed by atoms with E-state index in [1.165, 1.54) is 0 Å². The topological polar surface area (TPSA) is 67.7 Å². The number of anilines is 1. The van der Waals surface area contributed by atoms with Crippen LogP contribution in [0.2, 0.25) is 0 Å². The minimum Gasteiger partial charge on any atom is -0.489 e. The summed E-state index contributed by atoms with van der Waals surface area (Å²) in [6.07, 6.45) is 2.60. The molecule has 7 heteroatoms. The van der Waals surface area contributed by atoms with E-state index in [0.29, 0.717) is 31.0 Å². The van der Waals surface area contributed by atoms with Crippen molar-refractivity contribution in [3.05, 3.63) is 77.1 Å². The number of fused-ring (bicyclic) bond motifs is 2. The molecule has 1 atom stereocenters. The van der Waals surface area contributed by atoms with E-state index in [0.717, 1.165) is 22.4 Å². The van der Waals surface area contributed by atoms with Gasteiger partial charge in [0, 0.05) is 25.4 Å². The molecule has 0 saturated heterocycles. The van der Waals surface area contributed by atoms with E-state index in [-0.39, 0.29) is 18.4 Å². The first kappa shape index (κ1) is 19.4. The van der Waals surface area contributed by atoms with Crippen molar-refractivity contribution < 1.29 is 14.3 Å². The molecule has 3 heterocycles. The summed E-state index contributed by atoms with van der Waals surface area (Å²) in [5.74, 6) is 0.296. The second-order valence-corrected chi connectivity index (χ2v) is 8.13. The predicted octanol–water partition coefficient (Wildman–Crippen LogP) is 2.66. The second-order valence-electron chi connectivity index (χ2n) is 8.13. The number of benzene rings is 2. The first-order chi connectivity index (χ1) is 15.0. The summed E-state index contributed by atoms with van der Waals surface area (Å²) < 4.78 is 7.78. The van der Waals surface area contributed by atoms with Crippen molar-refractivity contribution in [1.29, 1.82) is 0 Å². The highest BCUT2D eigenvalue weighted by molar-refractivity contribution is 6.03. The van der Waals surface area contributed by atoms with Crippen LogP contribution in [0.5, 0.6) is 5.75 Å². The summed E-state index contributed by atoms with van der Waals surface area (Å²) >= 11 is 0. The van der Waals surface area contributed by atoms with Gasteiger partial charge in [-0.2, -0.15) is 5.10 Å². The molecule has 5 rings (SSSR count). The number of nitrogens with zero attached hydrogens (tertiary/aromatic N) is 4. The van der Waals surface area contributed by atoms with Gasteiger partial charge in [-0.25, -0.2) is 0 Å². The quantitative estimate of drug-likeness (QED) is 0.658. The molecule has 2 aromatic carbocycles. The molecule has 2 aliphatic heterocycles. The van der Waals surface area contributed by atoms with E-state index in [1.807, 2.05) is 61.7 Å². The Hall–Kier alpha value is -3.61. The van der Waals surface area contributed by atoms with E-state index in [1.54, 1.807) is 21.5 Å². The van der Waals surface area contributed by atoms with Crippen LogP contribution < -0.4 is 9.64 Å². The van der Waals surface area contributed by atoms with Crippen LogP contribution in [0.15, 0.2) is 54.7 Å². The summed E-state index contributed by atoms with van der Waals surface area (Å²) in [7, 11) is 1.73. The minimum atomic E-state index is -0.683. The fourth-order valence-corrected chi connectivity index (χ4v) is 4.27. The van der Waals surface area contributed by atoms with E-state index in [2.05, 4.69) is 5.10 Å². The number of carbonyl (C=O) groups excluding carboxylic acids is 2. The normalized spacial score (nSPS) is 18.3. The van der Waals surface area contributed by atoms with Gasteiger partial charge in [0.2, 0.25) is 0 Å². The van der Waals surface area contributed by atoms with Gasteiger partial charge in [0.05, 0.1) is 12.2 Å². The van der Waals surface area contributed by atoms with Crippen molar-refractivity contribution in [2.75, 3.05) is 25.1 Å². The number of likely N-dealkylation sites (N-methyl/N-ethyl adjacent to an activating group) is 1. The Morgan fingerprint density at radius 2 is 1.94 bits per heavy atom. The third kappa shape index (κ3) is 3.46. The summed E-state index contributed by atoms with van der Waals surface area (Å²) in [5.41, 5.74) is 4.24. The standard InChI is InChI=1S/C24H24N4O3/c1-16-8-9-19-21(12-16)31-15-20(23(29)26(19)2)28-11-10-18-14-27(25-22(18)24(28)30)13-17-6-4-3-5-7-17/h3-9,12,14,20H,10-11,13,15H2,1-2H3/t20-/m0/s1. The Morgan fingerprint density at radius 3 is 2.74 bits per heavy atom. The zero-order chi connectivity index (χ0) is 21.5. The number of hydrogen-bond donors (Lipinski definition) is 0. The first-order valence-corrected chi connectivity index (χ1v) is 10.4. The highest BCUT2D eigenvalue weighted by Crippen LogP contribution is 2.33. The maximum atomic E-state index is 13.3. The van der Waals surface area contributed by atoms with E-state index in [4.69, 9.17) is 4.74 Å². The first-order valence-electron chi connectivity index (χ1n) is 10.4. The van der Waals surface area contributed by atoms with Gasteiger partial charge in [0.15, 0.2) is 5.69 Å². The fourth-order valence-electron chi connectivity index (χ4n) is 4.27. The minimum absolute atomic E-state index is 0.130. The average molecular weight is 416 g/mol. The number of aromatic nitrogens is 2. The fraction of sp³-hybridized carbons (Fsp3) is 0.292. The van der Waals surface area contributed by atoms with Gasteiger partial charge in [0.25, 0.3) is 11.8 Å². The summed E-state index contributed by atoms with van der Waals surface area (Å²) in [6, 6.07) is 15.1. The Kier molecular flexibility index (Phi) is 4.73. The number of carbonyl (C=O) groups is 2. The largest absolute Gasteiger partial charge is 0.489 e. The molecule has 2 amide bonds. The lowest BCUT2D eigenvalue weighted by atomic mass is 10.0.